The second-order valence-corrected chi connectivity index (χ2v) is 5.83. The maximum Gasteiger partial charge on any atom is 0.291 e. The summed E-state index contributed by atoms with van der Waals surface area (Å²) in [5.41, 5.74) is 1.82. The molecule has 1 aromatic heterocycles. The quantitative estimate of drug-likeness (QED) is 0.354. The molecule has 0 radical (unpaired) electrons. The summed E-state index contributed by atoms with van der Waals surface area (Å²) >= 11 is 0. The van der Waals surface area contributed by atoms with Crippen molar-refractivity contribution < 1.29 is 9.21 Å². The van der Waals surface area contributed by atoms with Crippen LogP contribution in [-0.4, -0.2) is 25.5 Å². The molecule has 0 aliphatic rings. The molecule has 0 atom stereocenters. The van der Waals surface area contributed by atoms with Gasteiger partial charge in [-0.05, 0) is 35.7 Å². The van der Waals surface area contributed by atoms with E-state index in [1.165, 1.54) is 6.26 Å². The Bertz CT molecular complexity index is 667. The summed E-state index contributed by atoms with van der Waals surface area (Å²) in [7, 11) is 1.75. The molecule has 1 aromatic carbocycles. The summed E-state index contributed by atoms with van der Waals surface area (Å²) in [6.07, 6.45) is 1.48. The summed E-state index contributed by atoms with van der Waals surface area (Å²) < 4.78 is 5.07. The molecule has 0 spiro atoms. The summed E-state index contributed by atoms with van der Waals surface area (Å²) in [5.74, 6) is 1.37. The van der Waals surface area contributed by atoms with Gasteiger partial charge in [0.2, 0.25) is 0 Å². The van der Waals surface area contributed by atoms with Crippen molar-refractivity contribution in [2.24, 2.45) is 10.9 Å². The number of halogens is 1. The number of hydrogen-bond acceptors (Lipinski definition) is 3. The first kappa shape index (κ1) is 21.0. The molecule has 2 rings (SSSR count). The van der Waals surface area contributed by atoms with E-state index in [0.29, 0.717) is 18.2 Å². The highest BCUT2D eigenvalue weighted by Gasteiger charge is 2.08. The first-order valence-corrected chi connectivity index (χ1v) is 7.97. The molecule has 0 saturated heterocycles. The number of nitrogens with zero attached hydrogens (tertiary/aromatic N) is 1. The van der Waals surface area contributed by atoms with E-state index >= 15 is 0 Å². The second-order valence-electron chi connectivity index (χ2n) is 5.83. The monoisotopic (exact) mass is 456 g/mol. The standard InChI is InChI=1S/C18H24N4O2.HI/c1-13(2)11-20-18(19-3)21-12-14-6-8-15(9-7-14)22-17(23)16-5-4-10-24-16;/h4-10,13H,11-12H2,1-3H3,(H,22,23)(H2,19,20,21);1H. The molecule has 0 unspecified atom stereocenters. The van der Waals surface area contributed by atoms with Crippen molar-refractivity contribution in [3.8, 4) is 0 Å². The van der Waals surface area contributed by atoms with Gasteiger partial charge < -0.3 is 20.4 Å². The summed E-state index contributed by atoms with van der Waals surface area (Å²) in [4.78, 5) is 16.1. The molecule has 1 amide bonds. The Kier molecular flexibility index (Phi) is 9.04. The van der Waals surface area contributed by atoms with Crippen molar-refractivity contribution in [3.63, 3.8) is 0 Å². The molecule has 6 nitrogen and oxygen atoms in total. The zero-order chi connectivity index (χ0) is 17.4. The lowest BCUT2D eigenvalue weighted by Gasteiger charge is -2.13. The van der Waals surface area contributed by atoms with Gasteiger partial charge in [0.15, 0.2) is 11.7 Å². The molecular weight excluding hydrogens is 431 g/mol. The molecule has 25 heavy (non-hydrogen) atoms. The number of rotatable bonds is 6. The fourth-order valence-electron chi connectivity index (χ4n) is 2.01. The van der Waals surface area contributed by atoms with Gasteiger partial charge in [0.1, 0.15) is 0 Å². The van der Waals surface area contributed by atoms with Crippen LogP contribution in [0.1, 0.15) is 30.0 Å². The predicted molar refractivity (Wildman–Crippen MR) is 112 cm³/mol. The van der Waals surface area contributed by atoms with Gasteiger partial charge in [0.05, 0.1) is 6.26 Å². The Hall–Kier alpha value is -2.03. The third-order valence-corrected chi connectivity index (χ3v) is 3.32. The SMILES string of the molecule is CN=C(NCc1ccc(NC(=O)c2ccco2)cc1)NCC(C)C.I. The summed E-state index contributed by atoms with van der Waals surface area (Å²) in [5, 5.41) is 9.32. The van der Waals surface area contributed by atoms with E-state index in [9.17, 15) is 4.79 Å². The average Bonchev–Trinajstić information content (AvgIpc) is 3.11. The van der Waals surface area contributed by atoms with Crippen LogP contribution in [0.5, 0.6) is 0 Å². The van der Waals surface area contributed by atoms with Crippen LogP contribution in [0, 0.1) is 5.92 Å². The molecule has 0 aliphatic carbocycles. The first-order valence-electron chi connectivity index (χ1n) is 7.97. The zero-order valence-corrected chi connectivity index (χ0v) is 17.0. The fourth-order valence-corrected chi connectivity index (χ4v) is 2.01. The van der Waals surface area contributed by atoms with E-state index in [1.807, 2.05) is 24.3 Å². The molecule has 3 N–H and O–H groups in total. The maximum absolute atomic E-state index is 11.9. The molecule has 0 fully saturated rings. The molecular formula is C18H25IN4O2. The van der Waals surface area contributed by atoms with E-state index in [4.69, 9.17) is 4.42 Å². The van der Waals surface area contributed by atoms with Crippen molar-refractivity contribution in [2.45, 2.75) is 20.4 Å². The van der Waals surface area contributed by atoms with Gasteiger partial charge >= 0.3 is 0 Å². The Labute approximate surface area is 165 Å². The number of benzene rings is 1. The number of aliphatic imine (C=N–C) groups is 1. The summed E-state index contributed by atoms with van der Waals surface area (Å²) in [6, 6.07) is 11.0. The number of carbonyl (C=O) groups is 1. The zero-order valence-electron chi connectivity index (χ0n) is 14.7. The van der Waals surface area contributed by atoms with Gasteiger partial charge in [-0.25, -0.2) is 0 Å². The Morgan fingerprint density at radius 2 is 1.88 bits per heavy atom. The van der Waals surface area contributed by atoms with Crippen LogP contribution in [0.3, 0.4) is 0 Å². The minimum Gasteiger partial charge on any atom is -0.459 e. The van der Waals surface area contributed by atoms with E-state index in [2.05, 4.69) is 34.8 Å². The number of nitrogens with one attached hydrogen (secondary N) is 3. The van der Waals surface area contributed by atoms with Crippen LogP contribution >= 0.6 is 24.0 Å². The van der Waals surface area contributed by atoms with Crippen molar-refractivity contribution in [1.82, 2.24) is 10.6 Å². The van der Waals surface area contributed by atoms with Crippen LogP contribution in [0.15, 0.2) is 52.1 Å². The number of anilines is 1. The lowest BCUT2D eigenvalue weighted by Crippen LogP contribution is -2.38. The van der Waals surface area contributed by atoms with Gasteiger partial charge in [0, 0.05) is 25.8 Å². The lowest BCUT2D eigenvalue weighted by molar-refractivity contribution is 0.0996. The highest BCUT2D eigenvalue weighted by atomic mass is 127. The van der Waals surface area contributed by atoms with E-state index in [1.54, 1.807) is 19.2 Å². The Morgan fingerprint density at radius 3 is 2.44 bits per heavy atom. The van der Waals surface area contributed by atoms with Crippen molar-refractivity contribution in [3.05, 3.63) is 54.0 Å². The van der Waals surface area contributed by atoms with Crippen molar-refractivity contribution in [2.75, 3.05) is 18.9 Å². The minimum atomic E-state index is -0.260. The molecule has 0 aliphatic heterocycles. The molecule has 7 heteroatoms. The Balaban J connectivity index is 0.00000312. The van der Waals surface area contributed by atoms with Gasteiger partial charge in [-0.2, -0.15) is 0 Å². The normalized spacial score (nSPS) is 11.0. The topological polar surface area (TPSA) is 78.7 Å². The van der Waals surface area contributed by atoms with Crippen molar-refractivity contribution in [1.29, 1.82) is 0 Å². The molecule has 136 valence electrons. The number of hydrogen-bond donors (Lipinski definition) is 3. The largest absolute Gasteiger partial charge is 0.459 e. The molecule has 0 bridgehead atoms. The summed E-state index contributed by atoms with van der Waals surface area (Å²) in [6.45, 7) is 5.83. The molecule has 1 heterocycles. The van der Waals surface area contributed by atoms with Crippen molar-refractivity contribution >= 4 is 41.5 Å². The number of amides is 1. The van der Waals surface area contributed by atoms with Crippen LogP contribution in [0.25, 0.3) is 0 Å². The highest BCUT2D eigenvalue weighted by molar-refractivity contribution is 14.0. The van der Waals surface area contributed by atoms with E-state index in [-0.39, 0.29) is 29.9 Å². The molecule has 2 aromatic rings. The van der Waals surface area contributed by atoms with E-state index < -0.39 is 0 Å². The number of guanidine groups is 1. The average molecular weight is 456 g/mol. The van der Waals surface area contributed by atoms with Gasteiger partial charge in [-0.3, -0.25) is 9.79 Å². The number of carbonyl (C=O) groups excluding carboxylic acids is 1. The third kappa shape index (κ3) is 7.16. The molecule has 0 saturated carbocycles. The van der Waals surface area contributed by atoms with Crippen LogP contribution in [0.2, 0.25) is 0 Å². The minimum absolute atomic E-state index is 0. The third-order valence-electron chi connectivity index (χ3n) is 3.32. The fraction of sp³-hybridized carbons (Fsp3) is 0.333. The van der Waals surface area contributed by atoms with Crippen LogP contribution < -0.4 is 16.0 Å². The second kappa shape index (κ2) is 10.8. The maximum atomic E-state index is 11.9. The smallest absolute Gasteiger partial charge is 0.291 e. The van der Waals surface area contributed by atoms with Crippen LogP contribution in [-0.2, 0) is 6.54 Å². The number of furan rings is 1. The highest BCUT2D eigenvalue weighted by Crippen LogP contribution is 2.11. The van der Waals surface area contributed by atoms with Gasteiger partial charge in [-0.1, -0.05) is 26.0 Å². The first-order chi connectivity index (χ1) is 11.6. The van der Waals surface area contributed by atoms with Gasteiger partial charge in [0.25, 0.3) is 5.91 Å². The van der Waals surface area contributed by atoms with E-state index in [0.717, 1.165) is 23.8 Å². The van der Waals surface area contributed by atoms with Gasteiger partial charge in [-0.15, -0.1) is 24.0 Å². The predicted octanol–water partition coefficient (Wildman–Crippen LogP) is 3.47. The lowest BCUT2D eigenvalue weighted by atomic mass is 10.2. The van der Waals surface area contributed by atoms with Crippen LogP contribution in [0.4, 0.5) is 5.69 Å². The Morgan fingerprint density at radius 1 is 1.16 bits per heavy atom.